The molecule has 0 atom stereocenters. The van der Waals surface area contributed by atoms with Crippen molar-refractivity contribution in [2.75, 3.05) is 20.3 Å². The predicted octanol–water partition coefficient (Wildman–Crippen LogP) is 3.67. The summed E-state index contributed by atoms with van der Waals surface area (Å²) in [6, 6.07) is 15.4. The number of ether oxygens (including phenoxy) is 2. The smallest absolute Gasteiger partial charge is 0.258 e. The van der Waals surface area contributed by atoms with E-state index in [1.807, 2.05) is 48.5 Å². The number of H-pyrrole nitrogens is 1. The molecule has 7 nitrogen and oxygen atoms in total. The number of hydrogen-bond donors (Lipinski definition) is 1. The van der Waals surface area contributed by atoms with E-state index in [1.54, 1.807) is 24.4 Å². The van der Waals surface area contributed by atoms with Crippen LogP contribution in [0.15, 0.2) is 60.9 Å². The lowest BCUT2D eigenvalue weighted by Gasteiger charge is -2.20. The number of fused-ring (bicyclic) bond motifs is 2. The molecule has 2 aromatic heterocycles. The molecule has 5 rings (SSSR count). The van der Waals surface area contributed by atoms with Gasteiger partial charge in [0.1, 0.15) is 18.1 Å². The topological polar surface area (TPSA) is 80.3 Å². The third kappa shape index (κ3) is 3.34. The third-order valence-electron chi connectivity index (χ3n) is 5.25. The van der Waals surface area contributed by atoms with Gasteiger partial charge in [0.05, 0.1) is 25.4 Å². The van der Waals surface area contributed by atoms with Crippen molar-refractivity contribution in [2.24, 2.45) is 0 Å². The average molecular weight is 400 g/mol. The van der Waals surface area contributed by atoms with Crippen LogP contribution < -0.4 is 9.47 Å². The Morgan fingerprint density at radius 1 is 1.13 bits per heavy atom. The Labute approximate surface area is 173 Å². The van der Waals surface area contributed by atoms with Crippen molar-refractivity contribution in [3.05, 3.63) is 72.1 Å². The molecule has 0 spiro atoms. The van der Waals surface area contributed by atoms with Crippen LogP contribution in [-0.2, 0) is 6.54 Å². The lowest BCUT2D eigenvalue weighted by molar-refractivity contribution is 0.0743. The molecule has 1 aliphatic heterocycles. The zero-order chi connectivity index (χ0) is 20.5. The number of pyridine rings is 1. The lowest BCUT2D eigenvalue weighted by Crippen LogP contribution is -2.31. The first-order chi connectivity index (χ1) is 14.7. The number of hydrogen-bond acceptors (Lipinski definition) is 5. The molecule has 0 saturated carbocycles. The van der Waals surface area contributed by atoms with Gasteiger partial charge < -0.3 is 14.4 Å². The molecule has 0 radical (unpaired) electrons. The summed E-state index contributed by atoms with van der Waals surface area (Å²) in [5.74, 6) is 1.33. The molecule has 0 fully saturated rings. The highest BCUT2D eigenvalue weighted by molar-refractivity contribution is 5.98. The maximum absolute atomic E-state index is 13.2. The molecule has 150 valence electrons. The van der Waals surface area contributed by atoms with E-state index in [4.69, 9.17) is 9.47 Å². The molecule has 0 aliphatic carbocycles. The Morgan fingerprint density at radius 3 is 2.97 bits per heavy atom. The molecule has 0 unspecified atom stereocenters. The van der Waals surface area contributed by atoms with Crippen molar-refractivity contribution in [3.8, 4) is 22.6 Å². The summed E-state index contributed by atoms with van der Waals surface area (Å²) in [5.41, 5.74) is 4.21. The van der Waals surface area contributed by atoms with Crippen LogP contribution in [0.4, 0.5) is 0 Å². The van der Waals surface area contributed by atoms with Gasteiger partial charge in [-0.25, -0.2) is 4.98 Å². The van der Waals surface area contributed by atoms with Gasteiger partial charge in [-0.3, -0.25) is 9.89 Å². The van der Waals surface area contributed by atoms with Gasteiger partial charge in [0, 0.05) is 23.7 Å². The predicted molar refractivity (Wildman–Crippen MR) is 113 cm³/mol. The van der Waals surface area contributed by atoms with Crippen LogP contribution >= 0.6 is 0 Å². The second kappa shape index (κ2) is 7.51. The average Bonchev–Trinajstić information content (AvgIpc) is 3.20. The van der Waals surface area contributed by atoms with Gasteiger partial charge >= 0.3 is 0 Å². The minimum Gasteiger partial charge on any atom is -0.497 e. The van der Waals surface area contributed by atoms with E-state index >= 15 is 0 Å². The van der Waals surface area contributed by atoms with Gasteiger partial charge in [0.25, 0.3) is 5.91 Å². The zero-order valence-electron chi connectivity index (χ0n) is 16.5. The molecule has 1 aliphatic rings. The number of aromatic nitrogens is 3. The fourth-order valence-electron chi connectivity index (χ4n) is 3.67. The van der Waals surface area contributed by atoms with Crippen LogP contribution in [0.5, 0.6) is 11.5 Å². The molecule has 0 saturated heterocycles. The molecule has 4 aromatic rings. The zero-order valence-corrected chi connectivity index (χ0v) is 16.5. The Bertz CT molecular complexity index is 1230. The van der Waals surface area contributed by atoms with Crippen LogP contribution in [0, 0.1) is 0 Å². The number of amides is 1. The fourth-order valence-corrected chi connectivity index (χ4v) is 3.67. The summed E-state index contributed by atoms with van der Waals surface area (Å²) in [4.78, 5) is 19.4. The summed E-state index contributed by atoms with van der Waals surface area (Å²) in [6.45, 7) is 1.45. The molecule has 1 amide bonds. The molecular formula is C23H20N4O3. The van der Waals surface area contributed by atoms with Gasteiger partial charge in [-0.2, -0.15) is 5.10 Å². The molecule has 1 N–H and O–H groups in total. The number of carbonyl (C=O) groups is 1. The van der Waals surface area contributed by atoms with Gasteiger partial charge in [0.15, 0.2) is 5.65 Å². The molecule has 30 heavy (non-hydrogen) atoms. The molecular weight excluding hydrogens is 380 g/mol. The van der Waals surface area contributed by atoms with E-state index in [-0.39, 0.29) is 5.91 Å². The number of carbonyl (C=O) groups excluding carboxylic acids is 1. The summed E-state index contributed by atoms with van der Waals surface area (Å²) in [7, 11) is 1.64. The molecule has 2 aromatic carbocycles. The summed E-state index contributed by atoms with van der Waals surface area (Å²) in [5, 5.41) is 7.80. The monoisotopic (exact) mass is 400 g/mol. The van der Waals surface area contributed by atoms with E-state index in [9.17, 15) is 4.79 Å². The minimum absolute atomic E-state index is 0.0414. The minimum atomic E-state index is -0.0414. The maximum Gasteiger partial charge on any atom is 0.258 e. The van der Waals surface area contributed by atoms with E-state index in [2.05, 4.69) is 15.2 Å². The number of rotatable bonds is 4. The van der Waals surface area contributed by atoms with Crippen molar-refractivity contribution in [1.29, 1.82) is 0 Å². The molecule has 7 heteroatoms. The Balaban J connectivity index is 1.43. The van der Waals surface area contributed by atoms with Crippen LogP contribution in [0.3, 0.4) is 0 Å². The van der Waals surface area contributed by atoms with Crippen LogP contribution in [-0.4, -0.2) is 46.2 Å². The van der Waals surface area contributed by atoms with Gasteiger partial charge in [-0.1, -0.05) is 18.2 Å². The molecule has 0 bridgehead atoms. The summed E-state index contributed by atoms with van der Waals surface area (Å²) < 4.78 is 11.2. The Kier molecular flexibility index (Phi) is 4.55. The molecule has 3 heterocycles. The Hall–Kier alpha value is -3.87. The standard InChI is InChI=1S/C23H20N4O3/c1-29-19-4-2-3-15(9-19)14-27-7-8-30-21-11-16(5-6-20(21)23(27)28)17-10-18-13-25-26-22(18)24-12-17/h2-6,9-13H,7-8,14H2,1H3,(H,24,25,26). The Morgan fingerprint density at radius 2 is 2.07 bits per heavy atom. The first-order valence-corrected chi connectivity index (χ1v) is 9.70. The van der Waals surface area contributed by atoms with E-state index in [0.717, 1.165) is 33.5 Å². The summed E-state index contributed by atoms with van der Waals surface area (Å²) >= 11 is 0. The highest BCUT2D eigenvalue weighted by atomic mass is 16.5. The van der Waals surface area contributed by atoms with Gasteiger partial charge in [-0.15, -0.1) is 0 Å². The van der Waals surface area contributed by atoms with Gasteiger partial charge in [0.2, 0.25) is 0 Å². The summed E-state index contributed by atoms with van der Waals surface area (Å²) in [6.07, 6.45) is 3.53. The fraction of sp³-hybridized carbons (Fsp3) is 0.174. The highest BCUT2D eigenvalue weighted by Crippen LogP contribution is 2.31. The van der Waals surface area contributed by atoms with Crippen molar-refractivity contribution < 1.29 is 14.3 Å². The van der Waals surface area contributed by atoms with Crippen LogP contribution in [0.25, 0.3) is 22.2 Å². The van der Waals surface area contributed by atoms with Crippen molar-refractivity contribution >= 4 is 16.9 Å². The number of aromatic amines is 1. The number of methoxy groups -OCH3 is 1. The largest absolute Gasteiger partial charge is 0.497 e. The highest BCUT2D eigenvalue weighted by Gasteiger charge is 2.24. The van der Waals surface area contributed by atoms with Crippen molar-refractivity contribution in [1.82, 2.24) is 20.1 Å². The number of benzene rings is 2. The normalized spacial score (nSPS) is 13.6. The van der Waals surface area contributed by atoms with Crippen molar-refractivity contribution in [2.45, 2.75) is 6.54 Å². The second-order valence-electron chi connectivity index (χ2n) is 7.17. The second-order valence-corrected chi connectivity index (χ2v) is 7.17. The van der Waals surface area contributed by atoms with Crippen molar-refractivity contribution in [3.63, 3.8) is 0 Å². The van der Waals surface area contributed by atoms with Crippen LogP contribution in [0.2, 0.25) is 0 Å². The van der Waals surface area contributed by atoms with Crippen LogP contribution in [0.1, 0.15) is 15.9 Å². The van der Waals surface area contributed by atoms with E-state index in [1.165, 1.54) is 0 Å². The first-order valence-electron chi connectivity index (χ1n) is 9.70. The number of nitrogens with zero attached hydrogens (tertiary/aromatic N) is 3. The van der Waals surface area contributed by atoms with Gasteiger partial charge in [-0.05, 0) is 41.5 Å². The maximum atomic E-state index is 13.2. The lowest BCUT2D eigenvalue weighted by atomic mass is 10.0. The SMILES string of the molecule is COc1cccc(CN2CCOc3cc(-c4cnc5[nH]ncc5c4)ccc3C2=O)c1. The van der Waals surface area contributed by atoms with E-state index < -0.39 is 0 Å². The third-order valence-corrected chi connectivity index (χ3v) is 5.25. The van der Waals surface area contributed by atoms with E-state index in [0.29, 0.717) is 31.0 Å². The first kappa shape index (κ1) is 18.2. The quantitative estimate of drug-likeness (QED) is 0.565. The number of nitrogens with one attached hydrogen (secondary N) is 1.